The number of rotatable bonds is 5. The zero-order chi connectivity index (χ0) is 16.9. The third-order valence-corrected chi connectivity index (χ3v) is 4.27. The lowest BCUT2D eigenvalue weighted by atomic mass is 10.1. The molecule has 0 atom stereocenters. The van der Waals surface area contributed by atoms with Crippen LogP contribution in [0.1, 0.15) is 21.6 Å². The van der Waals surface area contributed by atoms with Gasteiger partial charge in [0.1, 0.15) is 12.4 Å². The summed E-state index contributed by atoms with van der Waals surface area (Å²) in [7, 11) is 0. The molecular weight excluding hydrogens is 344 g/mol. The van der Waals surface area contributed by atoms with E-state index in [1.807, 2.05) is 24.4 Å². The van der Waals surface area contributed by atoms with Gasteiger partial charge in [-0.1, -0.05) is 17.7 Å². The van der Waals surface area contributed by atoms with Gasteiger partial charge < -0.3 is 10.1 Å². The molecule has 1 heterocycles. The van der Waals surface area contributed by atoms with Crippen LogP contribution in [-0.2, 0) is 6.61 Å². The third-order valence-electron chi connectivity index (χ3n) is 3.40. The molecule has 1 N–H and O–H groups in total. The summed E-state index contributed by atoms with van der Waals surface area (Å²) in [4.78, 5) is 16.6. The van der Waals surface area contributed by atoms with Crippen molar-refractivity contribution in [3.8, 4) is 5.75 Å². The van der Waals surface area contributed by atoms with Crippen LogP contribution >= 0.6 is 22.9 Å². The van der Waals surface area contributed by atoms with E-state index in [4.69, 9.17) is 16.3 Å². The Balaban J connectivity index is 1.69. The highest BCUT2D eigenvalue weighted by atomic mass is 35.5. The van der Waals surface area contributed by atoms with Crippen LogP contribution in [0, 0.1) is 6.92 Å². The van der Waals surface area contributed by atoms with Crippen molar-refractivity contribution >= 4 is 34.5 Å². The SMILES string of the molecule is Cc1cc(Cl)ccc1NC(=O)c1cccc(OCc2cscn2)c1. The molecule has 0 aliphatic rings. The number of benzene rings is 2. The zero-order valence-corrected chi connectivity index (χ0v) is 14.5. The summed E-state index contributed by atoms with van der Waals surface area (Å²) in [6.07, 6.45) is 0. The van der Waals surface area contributed by atoms with Gasteiger partial charge in [-0.05, 0) is 48.9 Å². The highest BCUT2D eigenvalue weighted by Gasteiger charge is 2.09. The predicted octanol–water partition coefficient (Wildman–Crippen LogP) is 4.94. The van der Waals surface area contributed by atoms with Crippen molar-refractivity contribution in [3.05, 3.63) is 75.2 Å². The molecule has 24 heavy (non-hydrogen) atoms. The molecule has 4 nitrogen and oxygen atoms in total. The minimum atomic E-state index is -0.195. The Hall–Kier alpha value is -2.37. The number of hydrogen-bond donors (Lipinski definition) is 1. The second-order valence-corrected chi connectivity index (χ2v) is 6.36. The van der Waals surface area contributed by atoms with Gasteiger partial charge in [-0.3, -0.25) is 4.79 Å². The van der Waals surface area contributed by atoms with Gasteiger partial charge in [-0.15, -0.1) is 11.3 Å². The molecule has 1 amide bonds. The summed E-state index contributed by atoms with van der Waals surface area (Å²) in [6, 6.07) is 12.4. The minimum absolute atomic E-state index is 0.195. The molecule has 6 heteroatoms. The predicted molar refractivity (Wildman–Crippen MR) is 97.0 cm³/mol. The number of hydrogen-bond acceptors (Lipinski definition) is 4. The number of aromatic nitrogens is 1. The number of carbonyl (C=O) groups excluding carboxylic acids is 1. The molecule has 0 saturated carbocycles. The van der Waals surface area contributed by atoms with Gasteiger partial charge in [0.25, 0.3) is 5.91 Å². The van der Waals surface area contributed by atoms with E-state index in [0.29, 0.717) is 22.9 Å². The average Bonchev–Trinajstić information content (AvgIpc) is 3.09. The summed E-state index contributed by atoms with van der Waals surface area (Å²) < 4.78 is 5.68. The number of nitrogens with one attached hydrogen (secondary N) is 1. The molecule has 0 saturated heterocycles. The van der Waals surface area contributed by atoms with Crippen molar-refractivity contribution in [1.82, 2.24) is 4.98 Å². The summed E-state index contributed by atoms with van der Waals surface area (Å²) in [5.74, 6) is 0.433. The van der Waals surface area contributed by atoms with Crippen LogP contribution in [0.25, 0.3) is 0 Å². The molecule has 0 aliphatic carbocycles. The normalized spacial score (nSPS) is 10.4. The summed E-state index contributed by atoms with van der Waals surface area (Å²) in [5.41, 5.74) is 4.80. The van der Waals surface area contributed by atoms with Gasteiger partial charge in [0.15, 0.2) is 0 Å². The van der Waals surface area contributed by atoms with Crippen LogP contribution in [0.4, 0.5) is 5.69 Å². The van der Waals surface area contributed by atoms with E-state index in [9.17, 15) is 4.79 Å². The van der Waals surface area contributed by atoms with Crippen molar-refractivity contribution < 1.29 is 9.53 Å². The van der Waals surface area contributed by atoms with Gasteiger partial charge >= 0.3 is 0 Å². The Morgan fingerprint density at radius 2 is 2.17 bits per heavy atom. The van der Waals surface area contributed by atoms with Gasteiger partial charge in [-0.25, -0.2) is 4.98 Å². The Kier molecular flexibility index (Phi) is 5.13. The summed E-state index contributed by atoms with van der Waals surface area (Å²) >= 11 is 7.46. The lowest BCUT2D eigenvalue weighted by molar-refractivity contribution is 0.102. The first-order valence-corrected chi connectivity index (χ1v) is 8.61. The topological polar surface area (TPSA) is 51.2 Å². The highest BCUT2D eigenvalue weighted by Crippen LogP contribution is 2.21. The van der Waals surface area contributed by atoms with Crippen LogP contribution in [-0.4, -0.2) is 10.9 Å². The quantitative estimate of drug-likeness (QED) is 0.703. The van der Waals surface area contributed by atoms with Gasteiger partial charge in [-0.2, -0.15) is 0 Å². The van der Waals surface area contributed by atoms with E-state index in [1.54, 1.807) is 35.8 Å². The number of aryl methyl sites for hydroxylation is 1. The maximum Gasteiger partial charge on any atom is 0.255 e. The van der Waals surface area contributed by atoms with Crippen molar-refractivity contribution in [2.24, 2.45) is 0 Å². The van der Waals surface area contributed by atoms with Crippen LogP contribution in [0.2, 0.25) is 5.02 Å². The van der Waals surface area contributed by atoms with Crippen molar-refractivity contribution in [3.63, 3.8) is 0 Å². The zero-order valence-electron chi connectivity index (χ0n) is 13.0. The minimum Gasteiger partial charge on any atom is -0.487 e. The molecule has 0 fully saturated rings. The molecule has 0 unspecified atom stereocenters. The van der Waals surface area contributed by atoms with E-state index in [0.717, 1.165) is 16.9 Å². The number of thiazole rings is 1. The number of halogens is 1. The van der Waals surface area contributed by atoms with Crippen LogP contribution in [0.3, 0.4) is 0 Å². The van der Waals surface area contributed by atoms with Gasteiger partial charge in [0.2, 0.25) is 0 Å². The van der Waals surface area contributed by atoms with Crippen molar-refractivity contribution in [2.75, 3.05) is 5.32 Å². The molecule has 2 aromatic carbocycles. The maximum atomic E-state index is 12.4. The molecule has 1 aromatic heterocycles. The van der Waals surface area contributed by atoms with E-state index >= 15 is 0 Å². The van der Waals surface area contributed by atoms with Gasteiger partial charge in [0.05, 0.1) is 11.2 Å². The van der Waals surface area contributed by atoms with Crippen molar-refractivity contribution in [2.45, 2.75) is 13.5 Å². The first kappa shape index (κ1) is 16.5. The van der Waals surface area contributed by atoms with E-state index < -0.39 is 0 Å². The summed E-state index contributed by atoms with van der Waals surface area (Å²) in [6.45, 7) is 2.28. The van der Waals surface area contributed by atoms with Crippen LogP contribution in [0.5, 0.6) is 5.75 Å². The number of amides is 1. The van der Waals surface area contributed by atoms with Crippen LogP contribution in [0.15, 0.2) is 53.4 Å². The molecule has 0 spiro atoms. The number of ether oxygens (including phenoxy) is 1. The second-order valence-electron chi connectivity index (χ2n) is 5.21. The van der Waals surface area contributed by atoms with Crippen LogP contribution < -0.4 is 10.1 Å². The molecule has 122 valence electrons. The fourth-order valence-corrected chi connectivity index (χ4v) is 2.92. The number of carbonyl (C=O) groups is 1. The average molecular weight is 359 g/mol. The van der Waals surface area contributed by atoms with E-state index in [-0.39, 0.29) is 5.91 Å². The lowest BCUT2D eigenvalue weighted by Crippen LogP contribution is -2.12. The Labute approximate surface area is 149 Å². The smallest absolute Gasteiger partial charge is 0.255 e. The van der Waals surface area contributed by atoms with E-state index in [1.165, 1.54) is 11.3 Å². The van der Waals surface area contributed by atoms with Gasteiger partial charge in [0, 0.05) is 21.7 Å². The first-order chi connectivity index (χ1) is 11.6. The Bertz CT molecular complexity index is 850. The summed E-state index contributed by atoms with van der Waals surface area (Å²) in [5, 5.41) is 5.46. The highest BCUT2D eigenvalue weighted by molar-refractivity contribution is 7.07. The molecule has 0 bridgehead atoms. The fourth-order valence-electron chi connectivity index (χ4n) is 2.16. The Morgan fingerprint density at radius 1 is 1.29 bits per heavy atom. The molecule has 0 aliphatic heterocycles. The van der Waals surface area contributed by atoms with Crippen molar-refractivity contribution in [1.29, 1.82) is 0 Å². The number of anilines is 1. The first-order valence-electron chi connectivity index (χ1n) is 7.29. The Morgan fingerprint density at radius 3 is 2.92 bits per heavy atom. The molecule has 3 rings (SSSR count). The largest absolute Gasteiger partial charge is 0.487 e. The monoisotopic (exact) mass is 358 g/mol. The number of nitrogens with zero attached hydrogens (tertiary/aromatic N) is 1. The maximum absolute atomic E-state index is 12.4. The molecule has 0 radical (unpaired) electrons. The molecule has 3 aromatic rings. The molecular formula is C18H15ClN2O2S. The van der Waals surface area contributed by atoms with E-state index in [2.05, 4.69) is 10.3 Å². The standard InChI is InChI=1S/C18H15ClN2O2S/c1-12-7-14(19)5-6-17(12)21-18(22)13-3-2-4-16(8-13)23-9-15-10-24-11-20-15/h2-8,10-11H,9H2,1H3,(H,21,22). The second kappa shape index (κ2) is 7.47. The lowest BCUT2D eigenvalue weighted by Gasteiger charge is -2.10. The fraction of sp³-hybridized carbons (Fsp3) is 0.111. The third kappa shape index (κ3) is 4.13.